The first-order valence-electron chi connectivity index (χ1n) is 11.1. The van der Waals surface area contributed by atoms with E-state index in [0.717, 1.165) is 62.0 Å². The highest BCUT2D eigenvalue weighted by Crippen LogP contribution is 2.24. The Bertz CT molecular complexity index is 1080. The number of nitrogens with zero attached hydrogens (tertiary/aromatic N) is 2. The van der Waals surface area contributed by atoms with Crippen molar-refractivity contribution in [1.82, 2.24) is 14.8 Å². The van der Waals surface area contributed by atoms with E-state index >= 15 is 0 Å². The molecule has 2 saturated heterocycles. The van der Waals surface area contributed by atoms with Gasteiger partial charge in [0.25, 0.3) is 11.8 Å². The minimum Gasteiger partial charge on any atom is -0.491 e. The largest absolute Gasteiger partial charge is 0.491 e. The molecule has 0 spiro atoms. The number of H-pyrrole nitrogens is 1. The Kier molecular flexibility index (Phi) is 5.37. The summed E-state index contributed by atoms with van der Waals surface area (Å²) in [5.41, 5.74) is 2.37. The van der Waals surface area contributed by atoms with E-state index in [4.69, 9.17) is 4.74 Å². The standard InChI is InChI=1S/C25H27N3O3/c29-24(27-13-1-2-14-27)19-7-9-22(10-8-19)31-17-21-4-3-15-28(21)25(30)20-6-5-18-11-12-26-23(18)16-20/h5-12,16,21,26H,1-4,13-15,17H2. The molecule has 160 valence electrons. The molecule has 3 aromatic rings. The third-order valence-electron chi connectivity index (χ3n) is 6.38. The molecule has 2 aliphatic heterocycles. The third kappa shape index (κ3) is 4.02. The van der Waals surface area contributed by atoms with Gasteiger partial charge in [-0.15, -0.1) is 0 Å². The van der Waals surface area contributed by atoms with Crippen molar-refractivity contribution >= 4 is 22.7 Å². The van der Waals surface area contributed by atoms with Gasteiger partial charge in [-0.25, -0.2) is 0 Å². The van der Waals surface area contributed by atoms with Gasteiger partial charge in [0.2, 0.25) is 0 Å². The van der Waals surface area contributed by atoms with Gasteiger partial charge in [0.1, 0.15) is 12.4 Å². The van der Waals surface area contributed by atoms with Gasteiger partial charge >= 0.3 is 0 Å². The fourth-order valence-electron chi connectivity index (χ4n) is 4.61. The van der Waals surface area contributed by atoms with Crippen molar-refractivity contribution in [3.05, 3.63) is 65.9 Å². The fraction of sp³-hybridized carbons (Fsp3) is 0.360. The Morgan fingerprint density at radius 1 is 0.903 bits per heavy atom. The van der Waals surface area contributed by atoms with Crippen LogP contribution in [0.4, 0.5) is 0 Å². The molecule has 0 radical (unpaired) electrons. The zero-order valence-corrected chi connectivity index (χ0v) is 17.5. The lowest BCUT2D eigenvalue weighted by atomic mass is 10.1. The number of aromatic amines is 1. The highest BCUT2D eigenvalue weighted by molar-refractivity contribution is 5.98. The average Bonchev–Trinajstić information content (AvgIpc) is 3.58. The second-order valence-corrected chi connectivity index (χ2v) is 8.41. The van der Waals surface area contributed by atoms with Gasteiger partial charge in [0, 0.05) is 42.5 Å². The first-order valence-corrected chi connectivity index (χ1v) is 11.1. The van der Waals surface area contributed by atoms with E-state index in [1.807, 2.05) is 64.5 Å². The van der Waals surface area contributed by atoms with Crippen LogP contribution in [0.1, 0.15) is 46.4 Å². The van der Waals surface area contributed by atoms with Gasteiger partial charge in [0.05, 0.1) is 6.04 Å². The summed E-state index contributed by atoms with van der Waals surface area (Å²) in [7, 11) is 0. The summed E-state index contributed by atoms with van der Waals surface area (Å²) in [6.45, 7) is 2.90. The lowest BCUT2D eigenvalue weighted by molar-refractivity contribution is 0.0691. The Labute approximate surface area is 181 Å². The highest BCUT2D eigenvalue weighted by Gasteiger charge is 2.30. The van der Waals surface area contributed by atoms with Crippen molar-refractivity contribution in [3.63, 3.8) is 0 Å². The van der Waals surface area contributed by atoms with Gasteiger partial charge in [-0.1, -0.05) is 6.07 Å². The van der Waals surface area contributed by atoms with E-state index < -0.39 is 0 Å². The van der Waals surface area contributed by atoms with Gasteiger partial charge in [-0.05, 0) is 73.5 Å². The SMILES string of the molecule is O=C(c1ccc(OCC2CCCN2C(=O)c2ccc3cc[nH]c3c2)cc1)N1CCCC1. The van der Waals surface area contributed by atoms with E-state index in [0.29, 0.717) is 17.7 Å². The second-order valence-electron chi connectivity index (χ2n) is 8.41. The molecule has 1 unspecified atom stereocenters. The van der Waals surface area contributed by atoms with E-state index in [-0.39, 0.29) is 17.9 Å². The third-order valence-corrected chi connectivity index (χ3v) is 6.38. The van der Waals surface area contributed by atoms with E-state index in [9.17, 15) is 9.59 Å². The van der Waals surface area contributed by atoms with Crippen LogP contribution < -0.4 is 4.74 Å². The number of nitrogens with one attached hydrogen (secondary N) is 1. The average molecular weight is 418 g/mol. The number of rotatable bonds is 5. The minimum absolute atomic E-state index is 0.0501. The van der Waals surface area contributed by atoms with Crippen LogP contribution in [0.3, 0.4) is 0 Å². The van der Waals surface area contributed by atoms with Crippen LogP contribution in [0.25, 0.3) is 10.9 Å². The number of benzene rings is 2. The molecule has 1 N–H and O–H groups in total. The molecule has 0 aliphatic carbocycles. The lowest BCUT2D eigenvalue weighted by Crippen LogP contribution is -2.39. The van der Waals surface area contributed by atoms with Crippen LogP contribution >= 0.6 is 0 Å². The molecule has 1 atom stereocenters. The predicted molar refractivity (Wildman–Crippen MR) is 119 cm³/mol. The van der Waals surface area contributed by atoms with Gasteiger partial charge < -0.3 is 19.5 Å². The van der Waals surface area contributed by atoms with Crippen molar-refractivity contribution in [1.29, 1.82) is 0 Å². The summed E-state index contributed by atoms with van der Waals surface area (Å²) < 4.78 is 6.00. The van der Waals surface area contributed by atoms with E-state index in [1.54, 1.807) is 0 Å². The molecule has 1 aromatic heterocycles. The normalized spacial score (nSPS) is 18.6. The van der Waals surface area contributed by atoms with Crippen molar-refractivity contribution < 1.29 is 14.3 Å². The van der Waals surface area contributed by atoms with Crippen molar-refractivity contribution in [3.8, 4) is 5.75 Å². The Morgan fingerprint density at radius 2 is 1.68 bits per heavy atom. The molecule has 5 rings (SSSR count). The summed E-state index contributed by atoms with van der Waals surface area (Å²) in [5, 5.41) is 1.10. The summed E-state index contributed by atoms with van der Waals surface area (Å²) in [4.78, 5) is 32.6. The van der Waals surface area contributed by atoms with Gasteiger partial charge in [-0.2, -0.15) is 0 Å². The van der Waals surface area contributed by atoms with E-state index in [2.05, 4.69) is 4.98 Å². The number of likely N-dealkylation sites (tertiary alicyclic amines) is 2. The van der Waals surface area contributed by atoms with Crippen LogP contribution in [-0.4, -0.2) is 58.9 Å². The zero-order chi connectivity index (χ0) is 21.2. The maximum absolute atomic E-state index is 13.1. The van der Waals surface area contributed by atoms with Gasteiger partial charge in [-0.3, -0.25) is 9.59 Å². The first kappa shape index (κ1) is 19.7. The highest BCUT2D eigenvalue weighted by atomic mass is 16.5. The molecular formula is C25H27N3O3. The molecule has 0 bridgehead atoms. The number of amides is 2. The topological polar surface area (TPSA) is 65.6 Å². The maximum Gasteiger partial charge on any atom is 0.254 e. The van der Waals surface area contributed by atoms with Crippen molar-refractivity contribution in [2.75, 3.05) is 26.2 Å². The zero-order valence-electron chi connectivity index (χ0n) is 17.5. The summed E-state index contributed by atoms with van der Waals surface area (Å²) in [5.74, 6) is 0.870. The smallest absolute Gasteiger partial charge is 0.254 e. The molecule has 0 saturated carbocycles. The van der Waals surface area contributed by atoms with E-state index in [1.165, 1.54) is 0 Å². The molecule has 2 amide bonds. The van der Waals surface area contributed by atoms with Crippen molar-refractivity contribution in [2.24, 2.45) is 0 Å². The number of carbonyl (C=O) groups is 2. The molecule has 6 heteroatoms. The fourth-order valence-corrected chi connectivity index (χ4v) is 4.61. The monoisotopic (exact) mass is 417 g/mol. The molecule has 2 aromatic carbocycles. The van der Waals surface area contributed by atoms with Crippen LogP contribution in [0.15, 0.2) is 54.7 Å². The Hall–Kier alpha value is -3.28. The first-order chi connectivity index (χ1) is 15.2. The molecule has 6 nitrogen and oxygen atoms in total. The number of carbonyl (C=O) groups excluding carboxylic acids is 2. The summed E-state index contributed by atoms with van der Waals surface area (Å²) in [6, 6.07) is 15.2. The van der Waals surface area contributed by atoms with Crippen LogP contribution in [0.2, 0.25) is 0 Å². The molecule has 2 fully saturated rings. The maximum atomic E-state index is 13.1. The molecule has 31 heavy (non-hydrogen) atoms. The second kappa shape index (κ2) is 8.46. The molecule has 3 heterocycles. The van der Waals surface area contributed by atoms with Crippen molar-refractivity contribution in [2.45, 2.75) is 31.7 Å². The Morgan fingerprint density at radius 3 is 2.48 bits per heavy atom. The summed E-state index contributed by atoms with van der Waals surface area (Å²) in [6.07, 6.45) is 5.97. The number of aromatic nitrogens is 1. The van der Waals surface area contributed by atoms with Crippen LogP contribution in [0, 0.1) is 0 Å². The number of fused-ring (bicyclic) bond motifs is 1. The number of hydrogen-bond acceptors (Lipinski definition) is 3. The quantitative estimate of drug-likeness (QED) is 0.680. The van der Waals surface area contributed by atoms with Crippen LogP contribution in [0.5, 0.6) is 5.75 Å². The Balaban J connectivity index is 1.21. The molecular weight excluding hydrogens is 390 g/mol. The minimum atomic E-state index is 0.0501. The lowest BCUT2D eigenvalue weighted by Gasteiger charge is -2.25. The number of hydrogen-bond donors (Lipinski definition) is 1. The number of ether oxygens (including phenoxy) is 1. The van der Waals surface area contributed by atoms with Crippen LogP contribution in [-0.2, 0) is 0 Å². The predicted octanol–water partition coefficient (Wildman–Crippen LogP) is 4.09. The van der Waals surface area contributed by atoms with Gasteiger partial charge in [0.15, 0.2) is 0 Å². The summed E-state index contributed by atoms with van der Waals surface area (Å²) >= 11 is 0. The molecule has 2 aliphatic rings.